The van der Waals surface area contributed by atoms with E-state index in [0.29, 0.717) is 36.2 Å². The van der Waals surface area contributed by atoms with E-state index in [4.69, 9.17) is 9.73 Å². The van der Waals surface area contributed by atoms with Gasteiger partial charge in [0.25, 0.3) is 0 Å². The molecule has 0 spiro atoms. The molecule has 4 rings (SSSR count). The Bertz CT molecular complexity index is 636. The number of hydrogen-bond acceptors (Lipinski definition) is 2. The van der Waals surface area contributed by atoms with E-state index in [2.05, 4.69) is 17.1 Å². The van der Waals surface area contributed by atoms with E-state index in [1.807, 2.05) is 12.1 Å². The van der Waals surface area contributed by atoms with Gasteiger partial charge in [0.2, 0.25) is 0 Å². The van der Waals surface area contributed by atoms with Crippen LogP contribution in [0.5, 0.6) is 0 Å². The Labute approximate surface area is 166 Å². The lowest BCUT2D eigenvalue weighted by molar-refractivity contribution is 0.0767. The van der Waals surface area contributed by atoms with E-state index in [1.165, 1.54) is 18.9 Å². The van der Waals surface area contributed by atoms with Crippen LogP contribution in [0.1, 0.15) is 30.9 Å². The zero-order chi connectivity index (χ0) is 16.7. The SMILES string of the molecule is CCNC(=NCc1ccc(F)c(C)c1)N1CC2C3CCC(O3)C2C1.I. The first kappa shape index (κ1) is 18.9. The monoisotopic (exact) mass is 459 g/mol. The molecule has 3 heterocycles. The van der Waals surface area contributed by atoms with Gasteiger partial charge < -0.3 is 15.0 Å². The van der Waals surface area contributed by atoms with Crippen molar-refractivity contribution in [1.82, 2.24) is 10.2 Å². The molecule has 138 valence electrons. The van der Waals surface area contributed by atoms with Gasteiger partial charge in [0, 0.05) is 31.5 Å². The molecule has 1 aromatic rings. The van der Waals surface area contributed by atoms with Crippen LogP contribution in [0.4, 0.5) is 4.39 Å². The minimum atomic E-state index is -0.155. The predicted octanol–water partition coefficient (Wildman–Crippen LogP) is 3.33. The number of fused-ring (bicyclic) bond motifs is 5. The summed E-state index contributed by atoms with van der Waals surface area (Å²) in [5.74, 6) is 2.16. The highest BCUT2D eigenvalue weighted by Gasteiger charge is 2.53. The molecule has 4 atom stereocenters. The largest absolute Gasteiger partial charge is 0.374 e. The van der Waals surface area contributed by atoms with Crippen LogP contribution < -0.4 is 5.32 Å². The van der Waals surface area contributed by atoms with E-state index in [0.717, 1.165) is 31.2 Å². The molecule has 6 heteroatoms. The summed E-state index contributed by atoms with van der Waals surface area (Å²) in [7, 11) is 0. The summed E-state index contributed by atoms with van der Waals surface area (Å²) in [4.78, 5) is 7.19. The maximum Gasteiger partial charge on any atom is 0.194 e. The fraction of sp³-hybridized carbons (Fsp3) is 0.632. The molecule has 4 unspecified atom stereocenters. The van der Waals surface area contributed by atoms with Crippen molar-refractivity contribution in [2.75, 3.05) is 19.6 Å². The molecular formula is C19H27FIN3O. The van der Waals surface area contributed by atoms with Gasteiger partial charge in [0.1, 0.15) is 5.82 Å². The van der Waals surface area contributed by atoms with E-state index >= 15 is 0 Å². The van der Waals surface area contributed by atoms with Gasteiger partial charge in [0.15, 0.2) is 5.96 Å². The summed E-state index contributed by atoms with van der Waals surface area (Å²) < 4.78 is 19.5. The number of halogens is 2. The fourth-order valence-electron chi connectivity index (χ4n) is 4.53. The quantitative estimate of drug-likeness (QED) is 0.428. The highest BCUT2D eigenvalue weighted by atomic mass is 127. The number of nitrogens with zero attached hydrogens (tertiary/aromatic N) is 2. The molecule has 1 N–H and O–H groups in total. The number of hydrogen-bond donors (Lipinski definition) is 1. The first-order chi connectivity index (χ1) is 11.7. The zero-order valence-electron chi connectivity index (χ0n) is 14.9. The lowest BCUT2D eigenvalue weighted by atomic mass is 9.82. The molecule has 3 aliphatic rings. The number of guanidine groups is 1. The molecular weight excluding hydrogens is 432 g/mol. The number of aliphatic imine (C=N–C) groups is 1. The molecule has 0 radical (unpaired) electrons. The number of aryl methyl sites for hydroxylation is 1. The number of ether oxygens (including phenoxy) is 1. The normalized spacial score (nSPS) is 30.4. The predicted molar refractivity (Wildman–Crippen MR) is 108 cm³/mol. The van der Waals surface area contributed by atoms with E-state index in [1.54, 1.807) is 6.92 Å². The molecule has 2 bridgehead atoms. The van der Waals surface area contributed by atoms with Crippen molar-refractivity contribution in [3.8, 4) is 0 Å². The van der Waals surface area contributed by atoms with Gasteiger partial charge in [-0.3, -0.25) is 0 Å². The van der Waals surface area contributed by atoms with Crippen LogP contribution in [0.3, 0.4) is 0 Å². The smallest absolute Gasteiger partial charge is 0.194 e. The van der Waals surface area contributed by atoms with Crippen molar-refractivity contribution < 1.29 is 9.13 Å². The average molecular weight is 459 g/mol. The first-order valence-electron chi connectivity index (χ1n) is 9.09. The summed E-state index contributed by atoms with van der Waals surface area (Å²) in [6.07, 6.45) is 3.38. The molecule has 0 aliphatic carbocycles. The summed E-state index contributed by atoms with van der Waals surface area (Å²) in [6, 6.07) is 5.24. The lowest BCUT2D eigenvalue weighted by Crippen LogP contribution is -2.41. The molecule has 25 heavy (non-hydrogen) atoms. The second-order valence-electron chi connectivity index (χ2n) is 7.28. The third-order valence-electron chi connectivity index (χ3n) is 5.72. The van der Waals surface area contributed by atoms with Crippen molar-refractivity contribution in [2.45, 2.75) is 45.4 Å². The second kappa shape index (κ2) is 7.78. The third kappa shape index (κ3) is 3.65. The Balaban J connectivity index is 0.00000182. The molecule has 0 aromatic heterocycles. The summed E-state index contributed by atoms with van der Waals surface area (Å²) in [5.41, 5.74) is 1.73. The Hall–Kier alpha value is -0.890. The van der Waals surface area contributed by atoms with Gasteiger partial charge in [-0.2, -0.15) is 0 Å². The van der Waals surface area contributed by atoms with Crippen molar-refractivity contribution in [2.24, 2.45) is 16.8 Å². The van der Waals surface area contributed by atoms with Gasteiger partial charge in [-0.05, 0) is 43.9 Å². The minimum Gasteiger partial charge on any atom is -0.374 e. The lowest BCUT2D eigenvalue weighted by Gasteiger charge is -2.23. The molecule has 3 fully saturated rings. The average Bonchev–Trinajstić information content (AvgIpc) is 3.27. The van der Waals surface area contributed by atoms with Crippen molar-refractivity contribution >= 4 is 29.9 Å². The zero-order valence-corrected chi connectivity index (χ0v) is 17.2. The number of likely N-dealkylation sites (tertiary alicyclic amines) is 1. The maximum absolute atomic E-state index is 13.4. The Morgan fingerprint density at radius 2 is 1.96 bits per heavy atom. The number of rotatable bonds is 3. The van der Waals surface area contributed by atoms with Gasteiger partial charge in [-0.15, -0.1) is 24.0 Å². The van der Waals surface area contributed by atoms with Crippen LogP contribution in [-0.2, 0) is 11.3 Å². The van der Waals surface area contributed by atoms with Crippen LogP contribution in [0.2, 0.25) is 0 Å². The summed E-state index contributed by atoms with van der Waals surface area (Å²) in [6.45, 7) is 7.42. The van der Waals surface area contributed by atoms with Gasteiger partial charge in [-0.1, -0.05) is 12.1 Å². The Kier molecular flexibility index (Phi) is 5.88. The standard InChI is InChI=1S/C19H26FN3O.HI/c1-3-21-19(22-9-13-4-5-16(20)12(2)8-13)23-10-14-15(11-23)18-7-6-17(14)24-18;/h4-5,8,14-15,17-18H,3,6-7,9-11H2,1-2H3,(H,21,22);1H. The molecule has 4 nitrogen and oxygen atoms in total. The topological polar surface area (TPSA) is 36.9 Å². The van der Waals surface area contributed by atoms with Gasteiger partial charge in [-0.25, -0.2) is 9.38 Å². The minimum absolute atomic E-state index is 0. The fourth-order valence-corrected chi connectivity index (χ4v) is 4.53. The number of nitrogens with one attached hydrogen (secondary N) is 1. The van der Waals surface area contributed by atoms with E-state index in [9.17, 15) is 4.39 Å². The van der Waals surface area contributed by atoms with Crippen molar-refractivity contribution in [3.05, 3.63) is 35.1 Å². The van der Waals surface area contributed by atoms with Crippen molar-refractivity contribution in [1.29, 1.82) is 0 Å². The molecule has 0 amide bonds. The van der Waals surface area contributed by atoms with Crippen LogP contribution in [-0.4, -0.2) is 42.7 Å². The van der Waals surface area contributed by atoms with Gasteiger partial charge >= 0.3 is 0 Å². The second-order valence-corrected chi connectivity index (χ2v) is 7.28. The molecule has 3 aliphatic heterocycles. The number of benzene rings is 1. The highest BCUT2D eigenvalue weighted by Crippen LogP contribution is 2.47. The molecule has 0 saturated carbocycles. The van der Waals surface area contributed by atoms with E-state index < -0.39 is 0 Å². The Morgan fingerprint density at radius 3 is 2.56 bits per heavy atom. The Morgan fingerprint density at radius 1 is 1.28 bits per heavy atom. The summed E-state index contributed by atoms with van der Waals surface area (Å²) >= 11 is 0. The van der Waals surface area contributed by atoms with Gasteiger partial charge in [0.05, 0.1) is 18.8 Å². The first-order valence-corrected chi connectivity index (χ1v) is 9.09. The van der Waals surface area contributed by atoms with E-state index in [-0.39, 0.29) is 29.8 Å². The summed E-state index contributed by atoms with van der Waals surface area (Å²) in [5, 5.41) is 3.42. The van der Waals surface area contributed by atoms with Crippen molar-refractivity contribution in [3.63, 3.8) is 0 Å². The molecule has 3 saturated heterocycles. The maximum atomic E-state index is 13.4. The van der Waals surface area contributed by atoms with Crippen LogP contribution in [0.15, 0.2) is 23.2 Å². The van der Waals surface area contributed by atoms with Crippen LogP contribution >= 0.6 is 24.0 Å². The van der Waals surface area contributed by atoms with Crippen LogP contribution in [0.25, 0.3) is 0 Å². The third-order valence-corrected chi connectivity index (χ3v) is 5.72. The molecule has 1 aromatic carbocycles. The van der Waals surface area contributed by atoms with Crippen LogP contribution in [0, 0.1) is 24.6 Å². The highest BCUT2D eigenvalue weighted by molar-refractivity contribution is 14.0.